The molecule has 55 heavy (non-hydrogen) atoms. The molecule has 0 aliphatic carbocycles. The maximum Gasteiger partial charge on any atom is 0.472 e. The predicted molar refractivity (Wildman–Crippen MR) is 229 cm³/mol. The van der Waals surface area contributed by atoms with Crippen LogP contribution in [0.2, 0.25) is 0 Å². The molecular weight excluding hydrogens is 713 g/mol. The summed E-state index contributed by atoms with van der Waals surface area (Å²) in [6.45, 7) is 3.62. The normalized spacial score (nSPS) is 13.9. The highest BCUT2D eigenvalue weighted by molar-refractivity contribution is 7.47. The number of nitrogens with two attached hydrogens (primary N) is 1. The van der Waals surface area contributed by atoms with Gasteiger partial charge in [0, 0.05) is 19.4 Å². The number of hydrogen-bond acceptors (Lipinski definition) is 8. The van der Waals surface area contributed by atoms with E-state index in [-0.39, 0.29) is 32.6 Å². The Morgan fingerprint density at radius 2 is 0.982 bits per heavy atom. The highest BCUT2D eigenvalue weighted by atomic mass is 31.2. The molecule has 0 aromatic heterocycles. The molecule has 0 heterocycles. The lowest BCUT2D eigenvalue weighted by atomic mass is 10.1. The lowest BCUT2D eigenvalue weighted by Crippen LogP contribution is -2.29. The Balaban J connectivity index is 4.26. The third kappa shape index (κ3) is 41.2. The molecule has 0 rings (SSSR count). The van der Waals surface area contributed by atoms with Crippen molar-refractivity contribution in [3.05, 3.63) is 60.8 Å². The standard InChI is InChI=1S/C45H80NO8P/c1-3-5-7-9-11-13-15-17-19-20-21-22-24-25-27-29-31-33-35-37-44(47)51-41-43(42-53-55(49,50)52-40-39-46)54-45(48)38-36-34-32-30-28-26-23-18-16-14-12-10-8-6-4-2/h11,13,17,19,21-22,25,27,32,34,43H,3-10,12,14-16,18,20,23-24,26,28-31,33,35-42,46H2,1-2H3,(H,49,50)/b13-11+,19-17+,22-21+,27-25+,34-32+/t43-/m1/s1. The summed E-state index contributed by atoms with van der Waals surface area (Å²) in [6, 6.07) is 0. The van der Waals surface area contributed by atoms with Gasteiger partial charge in [-0.3, -0.25) is 18.6 Å². The molecule has 0 aliphatic rings. The predicted octanol–water partition coefficient (Wildman–Crippen LogP) is 12.5. The molecule has 0 bridgehead atoms. The topological polar surface area (TPSA) is 134 Å². The first kappa shape index (κ1) is 52.7. The number of phosphoric acid groups is 1. The van der Waals surface area contributed by atoms with Crippen LogP contribution >= 0.6 is 7.82 Å². The fourth-order valence-electron chi connectivity index (χ4n) is 5.63. The molecular formula is C45H80NO8P. The van der Waals surface area contributed by atoms with Crippen LogP contribution in [0.15, 0.2) is 60.8 Å². The Morgan fingerprint density at radius 1 is 0.545 bits per heavy atom. The van der Waals surface area contributed by atoms with E-state index < -0.39 is 32.5 Å². The zero-order chi connectivity index (χ0) is 40.3. The van der Waals surface area contributed by atoms with Gasteiger partial charge in [0.05, 0.1) is 13.2 Å². The SMILES string of the molecule is CCCCC/C=C/C/C=C/C/C=C/C/C=C/CCCCCC(=O)OC[C@H](COP(=O)(O)OCCN)OC(=O)CC/C=C/CCCCCCCCCCCCC. The van der Waals surface area contributed by atoms with Gasteiger partial charge < -0.3 is 20.1 Å². The first-order chi connectivity index (χ1) is 26.8. The minimum atomic E-state index is -4.39. The van der Waals surface area contributed by atoms with E-state index in [4.69, 9.17) is 24.3 Å². The molecule has 0 saturated carbocycles. The quantitative estimate of drug-likeness (QED) is 0.0269. The average Bonchev–Trinajstić information content (AvgIpc) is 3.17. The minimum absolute atomic E-state index is 0.0419. The molecule has 318 valence electrons. The summed E-state index contributed by atoms with van der Waals surface area (Å²) in [4.78, 5) is 34.8. The van der Waals surface area contributed by atoms with E-state index in [1.165, 1.54) is 89.9 Å². The van der Waals surface area contributed by atoms with Crippen LogP contribution in [0, 0.1) is 0 Å². The van der Waals surface area contributed by atoms with Crippen molar-refractivity contribution in [1.29, 1.82) is 0 Å². The van der Waals surface area contributed by atoms with Gasteiger partial charge in [0.1, 0.15) is 6.61 Å². The summed E-state index contributed by atoms with van der Waals surface area (Å²) < 4.78 is 32.7. The molecule has 0 aliphatic heterocycles. The number of carbonyl (C=O) groups excluding carboxylic acids is 2. The molecule has 0 aromatic carbocycles. The monoisotopic (exact) mass is 794 g/mol. The summed E-state index contributed by atoms with van der Waals surface area (Å²) in [7, 11) is -4.39. The van der Waals surface area contributed by atoms with Gasteiger partial charge in [0.15, 0.2) is 6.10 Å². The van der Waals surface area contributed by atoms with Crippen molar-refractivity contribution in [2.75, 3.05) is 26.4 Å². The lowest BCUT2D eigenvalue weighted by Gasteiger charge is -2.19. The van der Waals surface area contributed by atoms with Crippen molar-refractivity contribution in [3.63, 3.8) is 0 Å². The summed E-state index contributed by atoms with van der Waals surface area (Å²) >= 11 is 0. The van der Waals surface area contributed by atoms with Gasteiger partial charge in [0.2, 0.25) is 0 Å². The maximum absolute atomic E-state index is 12.5. The number of hydrogen-bond donors (Lipinski definition) is 2. The van der Waals surface area contributed by atoms with Crippen LogP contribution < -0.4 is 5.73 Å². The van der Waals surface area contributed by atoms with E-state index in [1.807, 2.05) is 6.08 Å². The van der Waals surface area contributed by atoms with Crippen molar-refractivity contribution in [3.8, 4) is 0 Å². The Morgan fingerprint density at radius 3 is 1.53 bits per heavy atom. The number of carbonyl (C=O) groups is 2. The third-order valence-corrected chi connectivity index (χ3v) is 9.87. The fourth-order valence-corrected chi connectivity index (χ4v) is 6.40. The molecule has 0 saturated heterocycles. The lowest BCUT2D eigenvalue weighted by molar-refractivity contribution is -0.161. The summed E-state index contributed by atoms with van der Waals surface area (Å²) in [5.41, 5.74) is 5.34. The highest BCUT2D eigenvalue weighted by Gasteiger charge is 2.25. The second kappa shape index (κ2) is 41.3. The molecule has 1 unspecified atom stereocenters. The molecule has 9 nitrogen and oxygen atoms in total. The molecule has 0 amide bonds. The fraction of sp³-hybridized carbons (Fsp3) is 0.733. The maximum atomic E-state index is 12.5. The van der Waals surface area contributed by atoms with Gasteiger partial charge in [-0.2, -0.15) is 0 Å². The van der Waals surface area contributed by atoms with Gasteiger partial charge in [-0.15, -0.1) is 0 Å². The Bertz CT molecular complexity index is 1090. The van der Waals surface area contributed by atoms with E-state index in [9.17, 15) is 19.0 Å². The average molecular weight is 794 g/mol. The molecule has 0 spiro atoms. The molecule has 0 fully saturated rings. The molecule has 3 N–H and O–H groups in total. The van der Waals surface area contributed by atoms with Crippen molar-refractivity contribution >= 4 is 19.8 Å². The second-order valence-corrected chi connectivity index (χ2v) is 15.7. The second-order valence-electron chi connectivity index (χ2n) is 14.2. The van der Waals surface area contributed by atoms with Gasteiger partial charge in [0.25, 0.3) is 0 Å². The molecule has 2 atom stereocenters. The Hall–Kier alpha value is -2.29. The van der Waals surface area contributed by atoms with Crippen molar-refractivity contribution in [2.45, 2.75) is 187 Å². The van der Waals surface area contributed by atoms with Crippen LogP contribution in [-0.2, 0) is 32.7 Å². The number of allylic oxidation sites excluding steroid dienone is 10. The van der Waals surface area contributed by atoms with E-state index in [0.717, 1.165) is 51.4 Å². The largest absolute Gasteiger partial charge is 0.472 e. The third-order valence-electron chi connectivity index (χ3n) is 8.89. The van der Waals surface area contributed by atoms with Crippen LogP contribution in [0.3, 0.4) is 0 Å². The van der Waals surface area contributed by atoms with Crippen molar-refractivity contribution in [1.82, 2.24) is 0 Å². The van der Waals surface area contributed by atoms with Crippen LogP contribution in [0.5, 0.6) is 0 Å². The number of rotatable bonds is 40. The van der Waals surface area contributed by atoms with E-state index >= 15 is 0 Å². The summed E-state index contributed by atoms with van der Waals surface area (Å²) in [6.07, 6.45) is 48.3. The van der Waals surface area contributed by atoms with E-state index in [1.54, 1.807) is 0 Å². The Kier molecular flexibility index (Phi) is 39.6. The summed E-state index contributed by atoms with van der Waals surface area (Å²) in [5, 5.41) is 0. The first-order valence-electron chi connectivity index (χ1n) is 21.8. The Labute approximate surface area is 336 Å². The highest BCUT2D eigenvalue weighted by Crippen LogP contribution is 2.43. The van der Waals surface area contributed by atoms with Gasteiger partial charge in [-0.1, -0.05) is 158 Å². The number of phosphoric ester groups is 1. The minimum Gasteiger partial charge on any atom is -0.462 e. The van der Waals surface area contributed by atoms with Crippen LogP contribution in [0.25, 0.3) is 0 Å². The van der Waals surface area contributed by atoms with Gasteiger partial charge in [-0.05, 0) is 70.6 Å². The van der Waals surface area contributed by atoms with E-state index in [0.29, 0.717) is 12.8 Å². The van der Waals surface area contributed by atoms with E-state index in [2.05, 4.69) is 68.5 Å². The van der Waals surface area contributed by atoms with Crippen molar-refractivity contribution < 1.29 is 37.6 Å². The number of ether oxygens (including phenoxy) is 2. The number of esters is 2. The summed E-state index contributed by atoms with van der Waals surface area (Å²) in [5.74, 6) is -0.924. The molecule has 0 radical (unpaired) electrons. The van der Waals surface area contributed by atoms with Crippen molar-refractivity contribution in [2.24, 2.45) is 5.73 Å². The van der Waals surface area contributed by atoms with Crippen LogP contribution in [-0.4, -0.2) is 49.3 Å². The first-order valence-corrected chi connectivity index (χ1v) is 23.3. The molecule has 0 aromatic rings. The van der Waals surface area contributed by atoms with Gasteiger partial charge in [-0.25, -0.2) is 4.57 Å². The smallest absolute Gasteiger partial charge is 0.462 e. The number of unbranched alkanes of at least 4 members (excludes halogenated alkanes) is 17. The van der Waals surface area contributed by atoms with Crippen LogP contribution in [0.4, 0.5) is 0 Å². The zero-order valence-electron chi connectivity index (χ0n) is 34.9. The van der Waals surface area contributed by atoms with Gasteiger partial charge >= 0.3 is 19.8 Å². The van der Waals surface area contributed by atoms with Crippen LogP contribution in [0.1, 0.15) is 181 Å². The zero-order valence-corrected chi connectivity index (χ0v) is 35.8. The molecule has 10 heteroatoms.